The van der Waals surface area contributed by atoms with Crippen LogP contribution in [0.4, 0.5) is 0 Å². The Morgan fingerprint density at radius 2 is 2.18 bits per heavy atom. The first-order valence-electron chi connectivity index (χ1n) is 5.33. The summed E-state index contributed by atoms with van der Waals surface area (Å²) in [6.45, 7) is 5.82. The van der Waals surface area contributed by atoms with E-state index in [-0.39, 0.29) is 11.2 Å². The minimum Gasteiger partial charge on any atom is -0.298 e. The topological polar surface area (TPSA) is 42.9 Å². The number of carbonyl (C=O) groups is 1. The van der Waals surface area contributed by atoms with Crippen molar-refractivity contribution in [3.05, 3.63) is 17.8 Å². The Labute approximate surface area is 109 Å². The van der Waals surface area contributed by atoms with Crippen molar-refractivity contribution in [3.63, 3.8) is 0 Å². The van der Waals surface area contributed by atoms with E-state index >= 15 is 0 Å². The first-order valence-corrected chi connectivity index (χ1v) is 7.19. The van der Waals surface area contributed by atoms with E-state index in [1.807, 2.05) is 32.2 Å². The summed E-state index contributed by atoms with van der Waals surface area (Å²) in [4.78, 5) is 20.3. The summed E-state index contributed by atoms with van der Waals surface area (Å²) < 4.78 is 1.07. The maximum atomic E-state index is 11.9. The second-order valence-corrected chi connectivity index (χ2v) is 6.66. The number of aromatic nitrogens is 2. The smallest absolute Gasteiger partial charge is 0.148 e. The highest BCUT2D eigenvalue weighted by Gasteiger charge is 2.21. The maximum absolute atomic E-state index is 11.9. The highest BCUT2D eigenvalue weighted by Crippen LogP contribution is 2.30. The first kappa shape index (κ1) is 12.5. The molecule has 3 nitrogen and oxygen atoms in total. The van der Waals surface area contributed by atoms with E-state index in [1.54, 1.807) is 17.7 Å². The average molecular weight is 266 g/mol. The van der Waals surface area contributed by atoms with Crippen molar-refractivity contribution in [1.82, 2.24) is 9.97 Å². The summed E-state index contributed by atoms with van der Waals surface area (Å²) in [7, 11) is 0. The van der Waals surface area contributed by atoms with Gasteiger partial charge >= 0.3 is 0 Å². The molecule has 17 heavy (non-hydrogen) atoms. The number of nitrogens with zero attached hydrogens (tertiary/aromatic N) is 2. The predicted molar refractivity (Wildman–Crippen MR) is 72.6 cm³/mol. The number of thiophene rings is 1. The fraction of sp³-hybridized carbons (Fsp3) is 0.417. The molecule has 0 saturated heterocycles. The molecule has 0 amide bonds. The Morgan fingerprint density at radius 1 is 1.41 bits per heavy atom. The SMILES string of the molecule is CC(C)(C)C(=O)CSc1ncnc2ccsc12. The maximum Gasteiger partial charge on any atom is 0.148 e. The zero-order valence-corrected chi connectivity index (χ0v) is 11.7. The van der Waals surface area contributed by atoms with E-state index in [4.69, 9.17) is 0 Å². The zero-order chi connectivity index (χ0) is 12.5. The van der Waals surface area contributed by atoms with Crippen LogP contribution in [0, 0.1) is 5.41 Å². The van der Waals surface area contributed by atoms with Gasteiger partial charge in [0.25, 0.3) is 0 Å². The molecule has 0 aliphatic carbocycles. The molecule has 0 spiro atoms. The van der Waals surface area contributed by atoms with Gasteiger partial charge in [-0.2, -0.15) is 0 Å². The van der Waals surface area contributed by atoms with Crippen molar-refractivity contribution in [2.75, 3.05) is 5.75 Å². The van der Waals surface area contributed by atoms with Crippen molar-refractivity contribution >= 4 is 39.1 Å². The van der Waals surface area contributed by atoms with Crippen molar-refractivity contribution in [2.24, 2.45) is 5.41 Å². The van der Waals surface area contributed by atoms with Crippen LogP contribution in [-0.4, -0.2) is 21.5 Å². The van der Waals surface area contributed by atoms with Crippen LogP contribution in [0.15, 0.2) is 22.8 Å². The Kier molecular flexibility index (Phi) is 3.49. The number of rotatable bonds is 3. The van der Waals surface area contributed by atoms with Crippen LogP contribution in [0.3, 0.4) is 0 Å². The molecule has 2 aromatic rings. The van der Waals surface area contributed by atoms with E-state index in [0.717, 1.165) is 15.2 Å². The van der Waals surface area contributed by atoms with Crippen LogP contribution in [0.2, 0.25) is 0 Å². The lowest BCUT2D eigenvalue weighted by Gasteiger charge is -2.15. The van der Waals surface area contributed by atoms with Crippen molar-refractivity contribution in [3.8, 4) is 0 Å². The molecule has 2 heterocycles. The molecule has 0 aromatic carbocycles. The summed E-state index contributed by atoms with van der Waals surface area (Å²) in [5.74, 6) is 0.707. The van der Waals surface area contributed by atoms with Gasteiger partial charge in [-0.05, 0) is 11.4 Å². The number of Topliss-reactive ketones (excluding diaryl/α,β-unsaturated/α-hetero) is 1. The molecule has 0 aliphatic rings. The van der Waals surface area contributed by atoms with Crippen LogP contribution in [0.25, 0.3) is 10.2 Å². The van der Waals surface area contributed by atoms with Crippen molar-refractivity contribution in [1.29, 1.82) is 0 Å². The van der Waals surface area contributed by atoms with Crippen LogP contribution in [0.5, 0.6) is 0 Å². The van der Waals surface area contributed by atoms with Crippen LogP contribution in [-0.2, 0) is 4.79 Å². The average Bonchev–Trinajstić information content (AvgIpc) is 2.72. The number of hydrogen-bond acceptors (Lipinski definition) is 5. The molecule has 0 aliphatic heterocycles. The molecule has 90 valence electrons. The molecule has 0 atom stereocenters. The fourth-order valence-corrected chi connectivity index (χ4v) is 3.33. The molecule has 2 rings (SSSR count). The summed E-state index contributed by atoms with van der Waals surface area (Å²) in [6.07, 6.45) is 1.55. The second kappa shape index (κ2) is 4.74. The van der Waals surface area contributed by atoms with Gasteiger partial charge in [-0.15, -0.1) is 11.3 Å². The van der Waals surface area contributed by atoms with Gasteiger partial charge in [-0.1, -0.05) is 32.5 Å². The standard InChI is InChI=1S/C12H14N2OS2/c1-12(2,3)9(15)6-17-11-10-8(4-5-16-10)13-7-14-11/h4-5,7H,6H2,1-3H3. The Bertz CT molecular complexity index is 543. The number of ketones is 1. The number of fused-ring (bicyclic) bond motifs is 1. The first-order chi connectivity index (χ1) is 7.98. The number of carbonyl (C=O) groups excluding carboxylic acids is 1. The Morgan fingerprint density at radius 3 is 2.88 bits per heavy atom. The Balaban J connectivity index is 2.14. The summed E-state index contributed by atoms with van der Waals surface area (Å²) in [5.41, 5.74) is 0.671. The third-order valence-corrected chi connectivity index (χ3v) is 4.42. The van der Waals surface area contributed by atoms with E-state index < -0.39 is 0 Å². The van der Waals surface area contributed by atoms with Gasteiger partial charge in [-0.25, -0.2) is 9.97 Å². The normalized spacial score (nSPS) is 11.9. The lowest BCUT2D eigenvalue weighted by molar-refractivity contribution is -0.123. The largest absolute Gasteiger partial charge is 0.298 e. The van der Waals surface area contributed by atoms with E-state index in [0.29, 0.717) is 5.75 Å². The quantitative estimate of drug-likeness (QED) is 0.631. The van der Waals surface area contributed by atoms with Gasteiger partial charge in [-0.3, -0.25) is 4.79 Å². The molecule has 0 fully saturated rings. The third-order valence-electron chi connectivity index (χ3n) is 2.39. The monoisotopic (exact) mass is 266 g/mol. The van der Waals surface area contributed by atoms with Gasteiger partial charge in [0.1, 0.15) is 17.1 Å². The molecular formula is C12H14N2OS2. The molecule has 2 aromatic heterocycles. The summed E-state index contributed by atoms with van der Waals surface area (Å²) >= 11 is 3.12. The van der Waals surface area contributed by atoms with Gasteiger partial charge < -0.3 is 0 Å². The molecular weight excluding hydrogens is 252 g/mol. The molecule has 0 N–H and O–H groups in total. The fourth-order valence-electron chi connectivity index (χ4n) is 1.22. The highest BCUT2D eigenvalue weighted by atomic mass is 32.2. The van der Waals surface area contributed by atoms with Crippen LogP contribution >= 0.6 is 23.1 Å². The van der Waals surface area contributed by atoms with Gasteiger partial charge in [0.05, 0.1) is 16.0 Å². The predicted octanol–water partition coefficient (Wildman–Crippen LogP) is 3.40. The van der Waals surface area contributed by atoms with Crippen LogP contribution < -0.4 is 0 Å². The van der Waals surface area contributed by atoms with Crippen molar-refractivity contribution in [2.45, 2.75) is 25.8 Å². The third kappa shape index (κ3) is 2.84. The number of thioether (sulfide) groups is 1. The van der Waals surface area contributed by atoms with Crippen LogP contribution in [0.1, 0.15) is 20.8 Å². The Hall–Kier alpha value is -0.940. The van der Waals surface area contributed by atoms with Gasteiger partial charge in [0.15, 0.2) is 0 Å². The van der Waals surface area contributed by atoms with Gasteiger partial charge in [0.2, 0.25) is 0 Å². The molecule has 0 saturated carbocycles. The summed E-state index contributed by atoms with van der Waals surface area (Å²) in [6, 6.07) is 1.97. The molecule has 0 bridgehead atoms. The number of hydrogen-bond donors (Lipinski definition) is 0. The second-order valence-electron chi connectivity index (χ2n) is 4.78. The lowest BCUT2D eigenvalue weighted by atomic mass is 9.92. The lowest BCUT2D eigenvalue weighted by Crippen LogP contribution is -2.22. The minimum absolute atomic E-state index is 0.241. The molecule has 0 unspecified atom stereocenters. The highest BCUT2D eigenvalue weighted by molar-refractivity contribution is 8.00. The minimum atomic E-state index is -0.283. The van der Waals surface area contributed by atoms with Crippen molar-refractivity contribution < 1.29 is 4.79 Å². The van der Waals surface area contributed by atoms with E-state index in [1.165, 1.54) is 11.8 Å². The molecule has 5 heteroatoms. The zero-order valence-electron chi connectivity index (χ0n) is 10.1. The van der Waals surface area contributed by atoms with E-state index in [9.17, 15) is 4.79 Å². The summed E-state index contributed by atoms with van der Waals surface area (Å²) in [5, 5.41) is 2.90. The molecule has 0 radical (unpaired) electrons. The van der Waals surface area contributed by atoms with Gasteiger partial charge in [0, 0.05) is 5.41 Å². The van der Waals surface area contributed by atoms with E-state index in [2.05, 4.69) is 9.97 Å².